The highest BCUT2D eigenvalue weighted by Gasteiger charge is 2.27. The molecule has 1 atom stereocenters. The zero-order chi connectivity index (χ0) is 10.1. The Labute approximate surface area is 89.8 Å². The maximum absolute atomic E-state index is 10.9. The number of carbonyl (C=O) groups is 1. The summed E-state index contributed by atoms with van der Waals surface area (Å²) in [6, 6.07) is 5.55. The Hall–Kier alpha value is -0.870. The topological polar surface area (TPSA) is 46.5 Å². The van der Waals surface area contributed by atoms with Crippen LogP contribution in [0.4, 0.5) is 0 Å². The molecule has 14 heavy (non-hydrogen) atoms. The van der Waals surface area contributed by atoms with Gasteiger partial charge in [-0.2, -0.15) is 0 Å². The molecule has 0 saturated heterocycles. The molecule has 0 radical (unpaired) electrons. The molecular formula is C10H9BrO3. The number of ether oxygens (including phenoxy) is 1. The minimum Gasteiger partial charge on any atom is -0.479 e. The lowest BCUT2D eigenvalue weighted by molar-refractivity contribution is -0.151. The molecule has 1 N–H and O–H groups in total. The molecule has 4 heteroatoms. The summed E-state index contributed by atoms with van der Waals surface area (Å²) in [5.74, 6) is -0.927. The molecule has 1 aromatic rings. The highest BCUT2D eigenvalue weighted by atomic mass is 79.9. The third-order valence-corrected chi connectivity index (χ3v) is 3.04. The molecule has 0 spiro atoms. The van der Waals surface area contributed by atoms with Crippen molar-refractivity contribution < 1.29 is 14.6 Å². The lowest BCUT2D eigenvalue weighted by atomic mass is 9.98. The van der Waals surface area contributed by atoms with Crippen molar-refractivity contribution in [3.8, 4) is 0 Å². The first kappa shape index (κ1) is 9.68. The molecule has 0 bridgehead atoms. The fourth-order valence-electron chi connectivity index (χ4n) is 1.66. The second-order valence-electron chi connectivity index (χ2n) is 3.15. The molecule has 74 valence electrons. The quantitative estimate of drug-likeness (QED) is 0.838. The van der Waals surface area contributed by atoms with Gasteiger partial charge in [-0.05, 0) is 23.6 Å². The predicted octanol–water partition coefficient (Wildman–Crippen LogP) is 2.15. The fourth-order valence-corrected chi connectivity index (χ4v) is 2.24. The minimum absolute atomic E-state index is 0.465. The van der Waals surface area contributed by atoms with Crippen LogP contribution in [0.25, 0.3) is 0 Å². The predicted molar refractivity (Wildman–Crippen MR) is 54.2 cm³/mol. The van der Waals surface area contributed by atoms with Crippen molar-refractivity contribution in [1.82, 2.24) is 0 Å². The number of fused-ring (bicyclic) bond motifs is 1. The number of rotatable bonds is 1. The number of halogens is 1. The van der Waals surface area contributed by atoms with Crippen LogP contribution in [0, 0.1) is 0 Å². The molecule has 0 aliphatic carbocycles. The Balaban J connectivity index is 2.49. The lowest BCUT2D eigenvalue weighted by Crippen LogP contribution is -2.23. The smallest absolute Gasteiger partial charge is 0.337 e. The average Bonchev–Trinajstić information content (AvgIpc) is 2.17. The van der Waals surface area contributed by atoms with Gasteiger partial charge >= 0.3 is 5.97 Å². The monoisotopic (exact) mass is 256 g/mol. The summed E-state index contributed by atoms with van der Waals surface area (Å²) < 4.78 is 6.16. The first-order chi connectivity index (χ1) is 6.70. The van der Waals surface area contributed by atoms with E-state index in [4.69, 9.17) is 9.84 Å². The van der Waals surface area contributed by atoms with Crippen molar-refractivity contribution in [2.75, 3.05) is 6.61 Å². The highest BCUT2D eigenvalue weighted by molar-refractivity contribution is 9.10. The van der Waals surface area contributed by atoms with Gasteiger partial charge in [-0.15, -0.1) is 0 Å². The molecule has 1 aromatic carbocycles. The normalized spacial score (nSPS) is 20.2. The van der Waals surface area contributed by atoms with Crippen molar-refractivity contribution in [3.05, 3.63) is 33.8 Å². The molecule has 0 fully saturated rings. The maximum atomic E-state index is 10.9. The molecule has 0 saturated carbocycles. The second-order valence-corrected chi connectivity index (χ2v) is 4.00. The first-order valence-electron chi connectivity index (χ1n) is 4.32. The Morgan fingerprint density at radius 3 is 3.07 bits per heavy atom. The number of aliphatic carboxylic acids is 1. The van der Waals surface area contributed by atoms with E-state index in [2.05, 4.69) is 15.9 Å². The molecule has 1 aliphatic rings. The van der Waals surface area contributed by atoms with Gasteiger partial charge in [0, 0.05) is 4.47 Å². The number of benzene rings is 1. The molecule has 1 aliphatic heterocycles. The Morgan fingerprint density at radius 2 is 2.36 bits per heavy atom. The fraction of sp³-hybridized carbons (Fsp3) is 0.300. The van der Waals surface area contributed by atoms with E-state index in [0.717, 1.165) is 22.0 Å². The molecule has 1 heterocycles. The maximum Gasteiger partial charge on any atom is 0.337 e. The summed E-state index contributed by atoms with van der Waals surface area (Å²) >= 11 is 3.41. The van der Waals surface area contributed by atoms with Crippen LogP contribution in [0.5, 0.6) is 0 Å². The van der Waals surface area contributed by atoms with Crippen LogP contribution in [0.3, 0.4) is 0 Å². The van der Waals surface area contributed by atoms with Crippen LogP contribution >= 0.6 is 15.9 Å². The Kier molecular flexibility index (Phi) is 2.56. The van der Waals surface area contributed by atoms with E-state index < -0.39 is 12.1 Å². The van der Waals surface area contributed by atoms with Crippen LogP contribution < -0.4 is 0 Å². The van der Waals surface area contributed by atoms with E-state index in [1.165, 1.54) is 0 Å². The molecule has 2 rings (SSSR count). The summed E-state index contributed by atoms with van der Waals surface area (Å²) in [5.41, 5.74) is 1.81. The van der Waals surface area contributed by atoms with Crippen molar-refractivity contribution >= 4 is 21.9 Å². The van der Waals surface area contributed by atoms with E-state index in [9.17, 15) is 4.79 Å². The highest BCUT2D eigenvalue weighted by Crippen LogP contribution is 2.31. The van der Waals surface area contributed by atoms with E-state index in [0.29, 0.717) is 6.61 Å². The number of hydrogen-bond acceptors (Lipinski definition) is 2. The first-order valence-corrected chi connectivity index (χ1v) is 5.11. The van der Waals surface area contributed by atoms with Crippen LogP contribution in [0.15, 0.2) is 22.7 Å². The average molecular weight is 257 g/mol. The molecule has 0 amide bonds. The number of hydrogen-bond donors (Lipinski definition) is 1. The van der Waals surface area contributed by atoms with Gasteiger partial charge in [-0.1, -0.05) is 28.1 Å². The van der Waals surface area contributed by atoms with Crippen molar-refractivity contribution in [2.45, 2.75) is 12.5 Å². The van der Waals surface area contributed by atoms with Gasteiger partial charge < -0.3 is 9.84 Å². The summed E-state index contributed by atoms with van der Waals surface area (Å²) in [4.78, 5) is 10.9. The van der Waals surface area contributed by atoms with Crippen molar-refractivity contribution in [2.24, 2.45) is 0 Å². The van der Waals surface area contributed by atoms with E-state index in [-0.39, 0.29) is 0 Å². The standard InChI is InChI=1S/C10H9BrO3/c11-8-3-1-2-7-6(8)4-5-14-9(7)10(12)13/h1-3,9H,4-5H2,(H,12,13). The lowest BCUT2D eigenvalue weighted by Gasteiger charge is -2.23. The SMILES string of the molecule is O=C(O)C1OCCc2c(Br)cccc21. The molecule has 0 aromatic heterocycles. The molecular weight excluding hydrogens is 248 g/mol. The van der Waals surface area contributed by atoms with Crippen LogP contribution in [0.2, 0.25) is 0 Å². The molecule has 1 unspecified atom stereocenters. The van der Waals surface area contributed by atoms with Crippen LogP contribution in [0.1, 0.15) is 17.2 Å². The van der Waals surface area contributed by atoms with Crippen molar-refractivity contribution in [3.63, 3.8) is 0 Å². The summed E-state index contributed by atoms with van der Waals surface area (Å²) in [6.07, 6.45) is -0.0446. The Bertz CT molecular complexity index is 376. The van der Waals surface area contributed by atoms with Crippen LogP contribution in [-0.2, 0) is 16.0 Å². The summed E-state index contributed by atoms with van der Waals surface area (Å²) in [5, 5.41) is 8.94. The van der Waals surface area contributed by atoms with Crippen molar-refractivity contribution in [1.29, 1.82) is 0 Å². The zero-order valence-corrected chi connectivity index (χ0v) is 8.95. The minimum atomic E-state index is -0.927. The number of carboxylic acid groups (broad SMARTS) is 1. The summed E-state index contributed by atoms with van der Waals surface area (Å²) in [7, 11) is 0. The third-order valence-electron chi connectivity index (χ3n) is 2.30. The van der Waals surface area contributed by atoms with Gasteiger partial charge in [0.25, 0.3) is 0 Å². The number of carboxylic acids is 1. The largest absolute Gasteiger partial charge is 0.479 e. The molecule has 3 nitrogen and oxygen atoms in total. The van der Waals surface area contributed by atoms with Gasteiger partial charge in [0.1, 0.15) is 0 Å². The van der Waals surface area contributed by atoms with E-state index >= 15 is 0 Å². The van der Waals surface area contributed by atoms with Gasteiger partial charge in [-0.25, -0.2) is 4.79 Å². The van der Waals surface area contributed by atoms with Gasteiger partial charge in [0.2, 0.25) is 0 Å². The van der Waals surface area contributed by atoms with E-state index in [1.54, 1.807) is 6.07 Å². The van der Waals surface area contributed by atoms with Gasteiger partial charge in [0.15, 0.2) is 6.10 Å². The van der Waals surface area contributed by atoms with Crippen LogP contribution in [-0.4, -0.2) is 17.7 Å². The second kappa shape index (κ2) is 3.71. The van der Waals surface area contributed by atoms with Gasteiger partial charge in [-0.3, -0.25) is 0 Å². The summed E-state index contributed by atoms with van der Waals surface area (Å²) in [6.45, 7) is 0.465. The van der Waals surface area contributed by atoms with E-state index in [1.807, 2.05) is 12.1 Å². The zero-order valence-electron chi connectivity index (χ0n) is 7.37. The third kappa shape index (κ3) is 1.55. The Morgan fingerprint density at radius 1 is 1.57 bits per heavy atom. The van der Waals surface area contributed by atoms with Gasteiger partial charge in [0.05, 0.1) is 6.61 Å².